The van der Waals surface area contributed by atoms with Gasteiger partial charge in [-0.3, -0.25) is 23.4 Å². The van der Waals surface area contributed by atoms with Crippen molar-refractivity contribution in [3.63, 3.8) is 0 Å². The second-order valence-corrected chi connectivity index (χ2v) is 16.5. The van der Waals surface area contributed by atoms with E-state index in [-0.39, 0.29) is 25.7 Å². The number of allylic oxidation sites excluding steroid dienone is 8. The summed E-state index contributed by atoms with van der Waals surface area (Å²) in [5, 5.41) is 38.9. The van der Waals surface area contributed by atoms with Crippen molar-refractivity contribution >= 4 is 25.7 Å². The Morgan fingerprint density at radius 3 is 1.72 bits per heavy atom. The lowest BCUT2D eigenvalue weighted by Crippen LogP contribution is -2.34. The van der Waals surface area contributed by atoms with Gasteiger partial charge in [-0.15, -0.1) is 0 Å². The molecular weight excluding hydrogens is 805 g/mol. The van der Waals surface area contributed by atoms with Gasteiger partial charge in [-0.2, -0.15) is 0 Å². The van der Waals surface area contributed by atoms with Crippen molar-refractivity contribution in [3.05, 3.63) is 72.9 Å². The third-order valence-corrected chi connectivity index (χ3v) is 10.3. The smallest absolute Gasteiger partial charge is 0.472 e. The molecule has 61 heavy (non-hydrogen) atoms. The molecule has 0 spiro atoms. The number of aliphatic carboxylic acids is 1. The van der Waals surface area contributed by atoms with Crippen molar-refractivity contribution in [3.8, 4) is 0 Å². The molecule has 350 valence electrons. The number of phosphoric acid groups is 1. The van der Waals surface area contributed by atoms with Crippen LogP contribution in [0.25, 0.3) is 0 Å². The fourth-order valence-corrected chi connectivity index (χ4v) is 6.43. The zero-order valence-corrected chi connectivity index (χ0v) is 37.7. The summed E-state index contributed by atoms with van der Waals surface area (Å²) in [4.78, 5) is 46.0. The van der Waals surface area contributed by atoms with Crippen LogP contribution in [-0.4, -0.2) is 93.5 Å². The molecule has 0 saturated carbocycles. The Morgan fingerprint density at radius 2 is 1.15 bits per heavy atom. The Kier molecular flexibility index (Phi) is 37.6. The number of nitrogens with two attached hydrogens (primary N) is 1. The Labute approximate surface area is 365 Å². The molecule has 0 aromatic heterocycles. The van der Waals surface area contributed by atoms with Crippen molar-refractivity contribution in [1.29, 1.82) is 0 Å². The Hall–Kier alpha value is -3.20. The summed E-state index contributed by atoms with van der Waals surface area (Å²) in [6.45, 7) is 2.32. The molecule has 0 heterocycles. The maximum atomic E-state index is 12.6. The highest BCUT2D eigenvalue weighted by atomic mass is 31.2. The lowest BCUT2D eigenvalue weighted by molar-refractivity contribution is -0.161. The van der Waals surface area contributed by atoms with E-state index in [4.69, 9.17) is 24.8 Å². The average molecular weight is 884 g/mol. The lowest BCUT2D eigenvalue weighted by atomic mass is 10.0. The van der Waals surface area contributed by atoms with Crippen LogP contribution in [0.5, 0.6) is 0 Å². The standard InChI is InChI=1S/C46H78NO13P/c1-3-5-7-8-9-10-11-12-13-14-15-16-17-22-28-34-44(51)57-36-40(37-58-61(55,56)59-38-41(47)46(53)54)60-45(52)35-29-23-26-31-39(48)30-25-20-18-19-21-27-33-43(50)42(49)32-24-6-4-2/h6,18-21,23-27,30,33,39-43,48-50H,3-5,7-17,22,28-29,31-32,34-38,47H2,1-2H3,(H,53,54)(H,55,56)/b20-18+,21-19-,24-6-,26-23+,30-25+,33-27+. The van der Waals surface area contributed by atoms with E-state index >= 15 is 0 Å². The van der Waals surface area contributed by atoms with E-state index in [1.165, 1.54) is 76.7 Å². The minimum absolute atomic E-state index is 0.0812. The number of ether oxygens (including phenoxy) is 2. The summed E-state index contributed by atoms with van der Waals surface area (Å²) in [6.07, 6.45) is 36.4. The fourth-order valence-electron chi connectivity index (χ4n) is 5.65. The third-order valence-electron chi connectivity index (χ3n) is 9.30. The first kappa shape index (κ1) is 57.8. The number of carboxylic acid groups (broad SMARTS) is 1. The molecule has 15 heteroatoms. The van der Waals surface area contributed by atoms with Gasteiger partial charge in [0.2, 0.25) is 0 Å². The molecule has 14 nitrogen and oxygen atoms in total. The van der Waals surface area contributed by atoms with Crippen LogP contribution in [0.15, 0.2) is 72.9 Å². The number of carboxylic acids is 1. The number of carbonyl (C=O) groups is 3. The van der Waals surface area contributed by atoms with E-state index in [1.807, 2.05) is 19.1 Å². The molecule has 0 rings (SSSR count). The summed E-state index contributed by atoms with van der Waals surface area (Å²) in [7, 11) is -4.79. The van der Waals surface area contributed by atoms with Gasteiger partial charge in [0.05, 0.1) is 31.5 Å². The van der Waals surface area contributed by atoms with Crippen LogP contribution in [0, 0.1) is 0 Å². The monoisotopic (exact) mass is 884 g/mol. The largest absolute Gasteiger partial charge is 0.480 e. The van der Waals surface area contributed by atoms with Crippen LogP contribution >= 0.6 is 7.82 Å². The molecule has 0 aliphatic heterocycles. The number of aliphatic hydroxyl groups is 3. The average Bonchev–Trinajstić information content (AvgIpc) is 3.23. The van der Waals surface area contributed by atoms with Crippen molar-refractivity contribution in [2.24, 2.45) is 5.73 Å². The van der Waals surface area contributed by atoms with Crippen molar-refractivity contribution in [2.45, 2.75) is 179 Å². The highest BCUT2D eigenvalue weighted by Crippen LogP contribution is 2.43. The number of hydrogen-bond donors (Lipinski definition) is 6. The van der Waals surface area contributed by atoms with Gasteiger partial charge in [0.15, 0.2) is 6.10 Å². The molecule has 0 bridgehead atoms. The van der Waals surface area contributed by atoms with Crippen LogP contribution < -0.4 is 5.73 Å². The van der Waals surface area contributed by atoms with Crippen LogP contribution in [0.3, 0.4) is 0 Å². The Balaban J connectivity index is 4.67. The molecular formula is C46H78NO13P. The number of phosphoric ester groups is 1. The van der Waals surface area contributed by atoms with E-state index < -0.39 is 76.0 Å². The van der Waals surface area contributed by atoms with Gasteiger partial charge >= 0.3 is 25.7 Å². The maximum absolute atomic E-state index is 12.6. The molecule has 0 radical (unpaired) electrons. The predicted molar refractivity (Wildman–Crippen MR) is 239 cm³/mol. The van der Waals surface area contributed by atoms with Gasteiger partial charge < -0.3 is 40.5 Å². The second-order valence-electron chi connectivity index (χ2n) is 15.0. The number of carbonyl (C=O) groups excluding carboxylic acids is 2. The Bertz CT molecular complexity index is 1360. The van der Waals surface area contributed by atoms with Gasteiger partial charge in [-0.1, -0.05) is 177 Å². The summed E-state index contributed by atoms with van der Waals surface area (Å²) >= 11 is 0. The molecule has 6 atom stereocenters. The van der Waals surface area contributed by atoms with Crippen molar-refractivity contribution in [2.75, 3.05) is 19.8 Å². The normalized spacial score (nSPS) is 15.9. The van der Waals surface area contributed by atoms with Crippen LogP contribution in [0.1, 0.15) is 149 Å². The van der Waals surface area contributed by atoms with E-state index in [0.717, 1.165) is 25.7 Å². The number of esters is 2. The van der Waals surface area contributed by atoms with Gasteiger partial charge in [-0.05, 0) is 32.1 Å². The SMILES string of the molecule is CC/C=C\CC(O)C(O)/C=C/C=C\C=C\C=C\C(O)C/C=C/CCC(=O)OC(COC(=O)CCCCCCCCCCCCCCCCC)COP(=O)(O)OCC(N)C(=O)O. The summed E-state index contributed by atoms with van der Waals surface area (Å²) in [5.74, 6) is -2.64. The lowest BCUT2D eigenvalue weighted by Gasteiger charge is -2.20. The minimum atomic E-state index is -4.79. The quantitative estimate of drug-likeness (QED) is 0.0111. The molecule has 0 amide bonds. The molecule has 0 aromatic carbocycles. The number of rotatable bonds is 40. The van der Waals surface area contributed by atoms with Crippen molar-refractivity contribution in [1.82, 2.24) is 0 Å². The summed E-state index contributed by atoms with van der Waals surface area (Å²) in [5.41, 5.74) is 5.32. The molecule has 0 aliphatic rings. The zero-order chi connectivity index (χ0) is 45.4. The van der Waals surface area contributed by atoms with Gasteiger partial charge in [-0.25, -0.2) is 4.57 Å². The topological polar surface area (TPSA) is 232 Å². The van der Waals surface area contributed by atoms with Crippen LogP contribution in [0.2, 0.25) is 0 Å². The minimum Gasteiger partial charge on any atom is -0.480 e. The summed E-state index contributed by atoms with van der Waals surface area (Å²) < 4.78 is 32.5. The van der Waals surface area contributed by atoms with E-state index in [0.29, 0.717) is 12.8 Å². The third kappa shape index (κ3) is 38.2. The molecule has 0 aliphatic carbocycles. The summed E-state index contributed by atoms with van der Waals surface area (Å²) in [6, 6.07) is -1.57. The highest BCUT2D eigenvalue weighted by molar-refractivity contribution is 7.47. The van der Waals surface area contributed by atoms with E-state index in [1.54, 1.807) is 54.7 Å². The second kappa shape index (κ2) is 39.6. The number of hydrogen-bond acceptors (Lipinski definition) is 12. The first-order valence-corrected chi connectivity index (χ1v) is 23.8. The fraction of sp³-hybridized carbons (Fsp3) is 0.674. The Morgan fingerprint density at radius 1 is 0.623 bits per heavy atom. The zero-order valence-electron chi connectivity index (χ0n) is 36.8. The first-order valence-electron chi connectivity index (χ1n) is 22.3. The van der Waals surface area contributed by atoms with Crippen LogP contribution in [0.4, 0.5) is 0 Å². The molecule has 6 unspecified atom stereocenters. The molecule has 0 aromatic rings. The number of aliphatic hydroxyl groups excluding tert-OH is 3. The van der Waals surface area contributed by atoms with Gasteiger partial charge in [0, 0.05) is 12.8 Å². The van der Waals surface area contributed by atoms with Gasteiger partial charge in [0.1, 0.15) is 12.6 Å². The van der Waals surface area contributed by atoms with Gasteiger partial charge in [0.25, 0.3) is 0 Å². The highest BCUT2D eigenvalue weighted by Gasteiger charge is 2.28. The molecule has 0 fully saturated rings. The van der Waals surface area contributed by atoms with Crippen LogP contribution in [-0.2, 0) is 37.5 Å². The molecule has 7 N–H and O–H groups in total. The number of unbranched alkanes of at least 4 members (excludes halogenated alkanes) is 14. The predicted octanol–water partition coefficient (Wildman–Crippen LogP) is 8.64. The van der Waals surface area contributed by atoms with E-state index in [2.05, 4.69) is 11.4 Å². The maximum Gasteiger partial charge on any atom is 0.472 e. The van der Waals surface area contributed by atoms with E-state index in [9.17, 15) is 39.2 Å². The van der Waals surface area contributed by atoms with Crippen molar-refractivity contribution < 1.29 is 62.8 Å². The molecule has 0 saturated heterocycles. The first-order chi connectivity index (χ1) is 29.3.